The van der Waals surface area contributed by atoms with Gasteiger partial charge in [0.25, 0.3) is 0 Å². The molecule has 0 aliphatic carbocycles. The van der Waals surface area contributed by atoms with Gasteiger partial charge < -0.3 is 15.2 Å². The minimum atomic E-state index is -0.548. The van der Waals surface area contributed by atoms with E-state index in [1.165, 1.54) is 35.6 Å². The Bertz CT molecular complexity index is 816. The van der Waals surface area contributed by atoms with Gasteiger partial charge in [-0.25, -0.2) is 9.78 Å². The monoisotopic (exact) mass is 340 g/mol. The summed E-state index contributed by atoms with van der Waals surface area (Å²) in [5.41, 5.74) is 1.89. The van der Waals surface area contributed by atoms with Crippen molar-refractivity contribution in [2.75, 3.05) is 5.32 Å². The van der Waals surface area contributed by atoms with Crippen LogP contribution in [0.4, 0.5) is 5.13 Å². The second-order valence-corrected chi connectivity index (χ2v) is 6.04. The Kier molecular flexibility index (Phi) is 4.77. The lowest BCUT2D eigenvalue weighted by molar-refractivity contribution is -0.134. The van der Waals surface area contributed by atoms with Gasteiger partial charge in [-0.3, -0.25) is 0 Å². The van der Waals surface area contributed by atoms with E-state index in [2.05, 4.69) is 10.3 Å². The number of ether oxygens (including phenoxy) is 1. The van der Waals surface area contributed by atoms with Crippen LogP contribution in [0.5, 0.6) is 11.5 Å². The lowest BCUT2D eigenvalue weighted by Crippen LogP contribution is -2.30. The Balaban J connectivity index is 1.62. The van der Waals surface area contributed by atoms with Crippen LogP contribution in [0, 0.1) is 0 Å². The molecule has 5 nitrogen and oxygen atoms in total. The average molecular weight is 340 g/mol. The maximum Gasteiger partial charge on any atom is 0.333 e. The van der Waals surface area contributed by atoms with Crippen molar-refractivity contribution in [1.29, 1.82) is 0 Å². The Labute approximate surface area is 143 Å². The van der Waals surface area contributed by atoms with Crippen LogP contribution in [0.25, 0.3) is 11.3 Å². The van der Waals surface area contributed by atoms with E-state index in [4.69, 9.17) is 4.74 Å². The first kappa shape index (κ1) is 16.0. The van der Waals surface area contributed by atoms with E-state index < -0.39 is 12.0 Å². The first-order valence-electron chi connectivity index (χ1n) is 7.40. The highest BCUT2D eigenvalue weighted by Gasteiger charge is 2.17. The summed E-state index contributed by atoms with van der Waals surface area (Å²) in [6.07, 6.45) is 0. The van der Waals surface area contributed by atoms with E-state index in [-0.39, 0.29) is 5.75 Å². The number of hydrogen-bond donors (Lipinski definition) is 2. The van der Waals surface area contributed by atoms with Gasteiger partial charge >= 0.3 is 5.97 Å². The SMILES string of the molecule is CC(Nc1nc(-c2ccccc2)cs1)C(=O)Oc1ccc(O)cc1. The maximum absolute atomic E-state index is 12.1. The number of anilines is 1. The number of rotatable bonds is 5. The number of aromatic nitrogens is 1. The molecule has 2 N–H and O–H groups in total. The van der Waals surface area contributed by atoms with E-state index in [1.54, 1.807) is 6.92 Å². The maximum atomic E-state index is 12.1. The van der Waals surface area contributed by atoms with Gasteiger partial charge in [0.05, 0.1) is 5.69 Å². The molecule has 0 bridgehead atoms. The number of aromatic hydroxyl groups is 1. The molecule has 0 saturated carbocycles. The summed E-state index contributed by atoms with van der Waals surface area (Å²) in [4.78, 5) is 16.6. The number of carbonyl (C=O) groups is 1. The molecule has 0 spiro atoms. The highest BCUT2D eigenvalue weighted by atomic mass is 32.1. The standard InChI is InChI=1S/C18H16N2O3S/c1-12(17(22)23-15-9-7-14(21)8-10-15)19-18-20-16(11-24-18)13-5-3-2-4-6-13/h2-12,21H,1H3,(H,19,20). The van der Waals surface area contributed by atoms with Gasteiger partial charge in [-0.1, -0.05) is 30.3 Å². The summed E-state index contributed by atoms with van der Waals surface area (Å²) in [5.74, 6) is 0.0879. The van der Waals surface area contributed by atoms with Crippen molar-refractivity contribution < 1.29 is 14.6 Å². The quantitative estimate of drug-likeness (QED) is 0.544. The third kappa shape index (κ3) is 3.91. The van der Waals surface area contributed by atoms with Gasteiger partial charge in [-0.2, -0.15) is 0 Å². The number of nitrogens with one attached hydrogen (secondary N) is 1. The highest BCUT2D eigenvalue weighted by molar-refractivity contribution is 7.14. The second kappa shape index (κ2) is 7.14. The van der Waals surface area contributed by atoms with Gasteiger partial charge in [0.15, 0.2) is 5.13 Å². The van der Waals surface area contributed by atoms with Crippen molar-refractivity contribution in [3.05, 3.63) is 60.0 Å². The third-order valence-corrected chi connectivity index (χ3v) is 4.10. The van der Waals surface area contributed by atoms with Crippen LogP contribution in [-0.4, -0.2) is 22.1 Å². The smallest absolute Gasteiger partial charge is 0.333 e. The topological polar surface area (TPSA) is 71.5 Å². The van der Waals surface area contributed by atoms with Gasteiger partial charge in [0.2, 0.25) is 0 Å². The Hall–Kier alpha value is -2.86. The Morgan fingerprint density at radius 3 is 2.58 bits per heavy atom. The number of phenolic OH excluding ortho intramolecular Hbond substituents is 1. The number of thiazole rings is 1. The number of carbonyl (C=O) groups excluding carboxylic acids is 1. The number of benzene rings is 2. The molecule has 0 fully saturated rings. The average Bonchev–Trinajstić information content (AvgIpc) is 3.06. The predicted molar refractivity (Wildman–Crippen MR) is 94.4 cm³/mol. The molecule has 1 atom stereocenters. The van der Waals surface area contributed by atoms with Crippen molar-refractivity contribution in [1.82, 2.24) is 4.98 Å². The normalized spacial score (nSPS) is 11.7. The zero-order valence-corrected chi connectivity index (χ0v) is 13.8. The van der Waals surface area contributed by atoms with E-state index in [9.17, 15) is 9.90 Å². The molecule has 0 aliphatic rings. The summed E-state index contributed by atoms with van der Waals surface area (Å²) < 4.78 is 5.26. The van der Waals surface area contributed by atoms with Crippen LogP contribution < -0.4 is 10.1 Å². The Morgan fingerprint density at radius 1 is 1.17 bits per heavy atom. The van der Waals surface area contributed by atoms with E-state index >= 15 is 0 Å². The van der Waals surface area contributed by atoms with Crippen LogP contribution in [0.2, 0.25) is 0 Å². The molecule has 122 valence electrons. The molecule has 1 heterocycles. The molecular formula is C18H16N2O3S. The van der Waals surface area contributed by atoms with Gasteiger partial charge in [-0.05, 0) is 31.2 Å². The minimum absolute atomic E-state index is 0.122. The molecule has 0 saturated heterocycles. The Morgan fingerprint density at radius 2 is 1.88 bits per heavy atom. The van der Waals surface area contributed by atoms with Crippen molar-refractivity contribution in [2.24, 2.45) is 0 Å². The second-order valence-electron chi connectivity index (χ2n) is 5.18. The summed E-state index contributed by atoms with van der Waals surface area (Å²) in [6, 6.07) is 15.3. The predicted octanol–water partition coefficient (Wildman–Crippen LogP) is 3.92. The lowest BCUT2D eigenvalue weighted by Gasteiger charge is -2.12. The molecule has 1 unspecified atom stereocenters. The summed E-state index contributed by atoms with van der Waals surface area (Å²) in [5, 5.41) is 14.9. The number of phenols is 1. The first-order chi connectivity index (χ1) is 11.6. The third-order valence-electron chi connectivity index (χ3n) is 3.32. The zero-order chi connectivity index (χ0) is 16.9. The number of nitrogens with zero attached hydrogens (tertiary/aromatic N) is 1. The molecule has 0 amide bonds. The number of esters is 1. The van der Waals surface area contributed by atoms with Crippen LogP contribution in [0.3, 0.4) is 0 Å². The largest absolute Gasteiger partial charge is 0.508 e. The highest BCUT2D eigenvalue weighted by Crippen LogP contribution is 2.25. The van der Waals surface area contributed by atoms with E-state index in [0.717, 1.165) is 11.3 Å². The van der Waals surface area contributed by atoms with Crippen molar-refractivity contribution in [3.63, 3.8) is 0 Å². The van der Waals surface area contributed by atoms with Crippen LogP contribution >= 0.6 is 11.3 Å². The summed E-state index contributed by atoms with van der Waals surface area (Å²) in [7, 11) is 0. The van der Waals surface area contributed by atoms with Crippen LogP contribution in [0.15, 0.2) is 60.0 Å². The fourth-order valence-electron chi connectivity index (χ4n) is 2.04. The molecule has 6 heteroatoms. The molecule has 0 radical (unpaired) electrons. The van der Waals surface area contributed by atoms with E-state index in [1.807, 2.05) is 35.7 Å². The zero-order valence-electron chi connectivity index (χ0n) is 13.0. The molecule has 2 aromatic carbocycles. The van der Waals surface area contributed by atoms with Crippen LogP contribution in [-0.2, 0) is 4.79 Å². The minimum Gasteiger partial charge on any atom is -0.508 e. The van der Waals surface area contributed by atoms with E-state index in [0.29, 0.717) is 10.9 Å². The number of hydrogen-bond acceptors (Lipinski definition) is 6. The molecule has 3 aromatic rings. The fourth-order valence-corrected chi connectivity index (χ4v) is 2.85. The molecule has 0 aliphatic heterocycles. The van der Waals surface area contributed by atoms with Gasteiger partial charge in [-0.15, -0.1) is 11.3 Å². The van der Waals surface area contributed by atoms with Crippen molar-refractivity contribution in [2.45, 2.75) is 13.0 Å². The van der Waals surface area contributed by atoms with Crippen LogP contribution in [0.1, 0.15) is 6.92 Å². The molecular weight excluding hydrogens is 324 g/mol. The van der Waals surface area contributed by atoms with Crippen molar-refractivity contribution in [3.8, 4) is 22.8 Å². The molecule has 1 aromatic heterocycles. The summed E-state index contributed by atoms with van der Waals surface area (Å²) >= 11 is 1.44. The molecule has 3 rings (SSSR count). The van der Waals surface area contributed by atoms with Gasteiger partial charge in [0, 0.05) is 10.9 Å². The van der Waals surface area contributed by atoms with Crippen molar-refractivity contribution >= 4 is 22.4 Å². The lowest BCUT2D eigenvalue weighted by atomic mass is 10.2. The van der Waals surface area contributed by atoms with Gasteiger partial charge in [0.1, 0.15) is 17.5 Å². The fraction of sp³-hybridized carbons (Fsp3) is 0.111. The summed E-state index contributed by atoms with van der Waals surface area (Å²) in [6.45, 7) is 1.71. The molecule has 24 heavy (non-hydrogen) atoms. The first-order valence-corrected chi connectivity index (χ1v) is 8.28.